The molecule has 1 aromatic carbocycles. The van der Waals surface area contributed by atoms with E-state index < -0.39 is 5.69 Å². The normalized spacial score (nSPS) is 10.7. The monoisotopic (exact) mass is 235 g/mol. The van der Waals surface area contributed by atoms with E-state index in [0.29, 0.717) is 16.7 Å². The largest absolute Gasteiger partial charge is 0.497 e. The van der Waals surface area contributed by atoms with Crippen LogP contribution in [-0.2, 0) is 6.54 Å². The van der Waals surface area contributed by atoms with Crippen LogP contribution >= 0.6 is 0 Å². The molecule has 3 N–H and O–H groups in total. The van der Waals surface area contributed by atoms with E-state index in [2.05, 4.69) is 4.98 Å². The van der Waals surface area contributed by atoms with Crippen LogP contribution < -0.4 is 21.7 Å². The molecule has 2 aromatic rings. The fraction of sp³-hybridized carbons (Fsp3) is 0.273. The number of H-pyrrole nitrogens is 1. The molecule has 0 saturated heterocycles. The van der Waals surface area contributed by atoms with Crippen molar-refractivity contribution in [3.63, 3.8) is 0 Å². The Bertz CT molecular complexity index is 657. The molecule has 0 bridgehead atoms. The van der Waals surface area contributed by atoms with E-state index in [4.69, 9.17) is 10.5 Å². The van der Waals surface area contributed by atoms with Crippen molar-refractivity contribution in [2.24, 2.45) is 5.73 Å². The van der Waals surface area contributed by atoms with Crippen LogP contribution in [0.15, 0.2) is 27.8 Å². The van der Waals surface area contributed by atoms with Gasteiger partial charge in [-0.1, -0.05) is 0 Å². The summed E-state index contributed by atoms with van der Waals surface area (Å²) >= 11 is 0. The quantitative estimate of drug-likeness (QED) is 0.761. The molecular weight excluding hydrogens is 222 g/mol. The molecule has 0 radical (unpaired) electrons. The number of aromatic nitrogens is 2. The number of ether oxygens (including phenoxy) is 1. The summed E-state index contributed by atoms with van der Waals surface area (Å²) in [5.41, 5.74) is 5.06. The van der Waals surface area contributed by atoms with Crippen molar-refractivity contribution < 1.29 is 4.74 Å². The van der Waals surface area contributed by atoms with Crippen molar-refractivity contribution >= 4 is 10.9 Å². The van der Waals surface area contributed by atoms with Crippen LogP contribution in [0, 0.1) is 0 Å². The Labute approximate surface area is 96.6 Å². The van der Waals surface area contributed by atoms with Crippen LogP contribution in [0.2, 0.25) is 0 Å². The van der Waals surface area contributed by atoms with Crippen molar-refractivity contribution in [1.82, 2.24) is 9.55 Å². The van der Waals surface area contributed by atoms with Crippen molar-refractivity contribution in [3.05, 3.63) is 39.0 Å². The molecule has 6 nitrogen and oxygen atoms in total. The highest BCUT2D eigenvalue weighted by molar-refractivity contribution is 5.78. The second-order valence-corrected chi connectivity index (χ2v) is 3.59. The molecular formula is C11H13N3O3. The Hall–Kier alpha value is -2.08. The number of nitrogens with zero attached hydrogens (tertiary/aromatic N) is 1. The zero-order valence-corrected chi connectivity index (χ0v) is 9.40. The summed E-state index contributed by atoms with van der Waals surface area (Å²) in [6.07, 6.45) is 0. The fourth-order valence-corrected chi connectivity index (χ4v) is 1.69. The first-order valence-electron chi connectivity index (χ1n) is 5.18. The molecule has 0 aliphatic heterocycles. The molecule has 0 fully saturated rings. The number of nitrogens with one attached hydrogen (secondary N) is 1. The summed E-state index contributed by atoms with van der Waals surface area (Å²) < 4.78 is 6.13. The first kappa shape index (κ1) is 11.4. The Morgan fingerprint density at radius 3 is 2.82 bits per heavy atom. The molecule has 1 heterocycles. The molecule has 0 aliphatic rings. The van der Waals surface area contributed by atoms with Crippen molar-refractivity contribution in [3.8, 4) is 5.75 Å². The predicted molar refractivity (Wildman–Crippen MR) is 64.4 cm³/mol. The summed E-state index contributed by atoms with van der Waals surface area (Å²) in [4.78, 5) is 26.3. The van der Waals surface area contributed by atoms with Crippen LogP contribution in [0.5, 0.6) is 5.75 Å². The third-order valence-corrected chi connectivity index (χ3v) is 2.54. The van der Waals surface area contributed by atoms with Gasteiger partial charge in [-0.3, -0.25) is 9.36 Å². The summed E-state index contributed by atoms with van der Waals surface area (Å²) in [6.45, 7) is 0.430. The Kier molecular flexibility index (Phi) is 2.97. The number of hydrogen-bond acceptors (Lipinski definition) is 4. The van der Waals surface area contributed by atoms with E-state index in [1.54, 1.807) is 18.2 Å². The summed E-state index contributed by atoms with van der Waals surface area (Å²) in [6, 6.07) is 4.93. The SMILES string of the molecule is COc1ccc2[nH]c(=O)n(CCN)c(=O)c2c1. The van der Waals surface area contributed by atoms with Gasteiger partial charge in [0.2, 0.25) is 0 Å². The van der Waals surface area contributed by atoms with E-state index in [9.17, 15) is 9.59 Å². The van der Waals surface area contributed by atoms with Crippen molar-refractivity contribution in [1.29, 1.82) is 0 Å². The Morgan fingerprint density at radius 2 is 2.18 bits per heavy atom. The van der Waals surface area contributed by atoms with Crippen LogP contribution in [0.3, 0.4) is 0 Å². The molecule has 90 valence electrons. The lowest BCUT2D eigenvalue weighted by Crippen LogP contribution is -2.37. The smallest absolute Gasteiger partial charge is 0.328 e. The second-order valence-electron chi connectivity index (χ2n) is 3.59. The third kappa shape index (κ3) is 1.94. The number of rotatable bonds is 3. The van der Waals surface area contributed by atoms with Gasteiger partial charge in [-0.2, -0.15) is 0 Å². The minimum absolute atomic E-state index is 0.196. The predicted octanol–water partition coefficient (Wildman–Crippen LogP) is -0.343. The lowest BCUT2D eigenvalue weighted by atomic mass is 10.2. The summed E-state index contributed by atoms with van der Waals surface area (Å²) in [5, 5.41) is 0.414. The van der Waals surface area contributed by atoms with E-state index in [-0.39, 0.29) is 18.6 Å². The first-order valence-corrected chi connectivity index (χ1v) is 5.18. The molecule has 1 aromatic heterocycles. The molecule has 0 aliphatic carbocycles. The standard InChI is InChI=1S/C11H13N3O3/c1-17-7-2-3-9-8(6-7)10(15)14(5-4-12)11(16)13-9/h2-3,6H,4-5,12H2,1H3,(H,13,16). The number of nitrogens with two attached hydrogens (primary N) is 1. The van der Waals surface area contributed by atoms with Gasteiger partial charge in [0.25, 0.3) is 5.56 Å². The van der Waals surface area contributed by atoms with Gasteiger partial charge in [-0.05, 0) is 18.2 Å². The number of aromatic amines is 1. The zero-order valence-electron chi connectivity index (χ0n) is 9.40. The van der Waals surface area contributed by atoms with Crippen LogP contribution in [0.25, 0.3) is 10.9 Å². The average molecular weight is 235 g/mol. The molecule has 0 amide bonds. The summed E-state index contributed by atoms with van der Waals surface area (Å²) in [7, 11) is 1.52. The van der Waals surface area contributed by atoms with Gasteiger partial charge in [0.05, 0.1) is 18.0 Å². The fourth-order valence-electron chi connectivity index (χ4n) is 1.69. The topological polar surface area (TPSA) is 90.1 Å². The maximum absolute atomic E-state index is 12.0. The van der Waals surface area contributed by atoms with E-state index >= 15 is 0 Å². The van der Waals surface area contributed by atoms with Gasteiger partial charge in [-0.25, -0.2) is 4.79 Å². The third-order valence-electron chi connectivity index (χ3n) is 2.54. The van der Waals surface area contributed by atoms with Gasteiger partial charge < -0.3 is 15.5 Å². The lowest BCUT2D eigenvalue weighted by Gasteiger charge is -2.06. The highest BCUT2D eigenvalue weighted by Crippen LogP contribution is 2.14. The first-order chi connectivity index (χ1) is 8.17. The number of fused-ring (bicyclic) bond motifs is 1. The van der Waals surface area contributed by atoms with Crippen LogP contribution in [0.4, 0.5) is 0 Å². The lowest BCUT2D eigenvalue weighted by molar-refractivity contribution is 0.415. The van der Waals surface area contributed by atoms with Gasteiger partial charge in [0, 0.05) is 13.1 Å². The van der Waals surface area contributed by atoms with Gasteiger partial charge in [-0.15, -0.1) is 0 Å². The average Bonchev–Trinajstić information content (AvgIpc) is 2.34. The minimum Gasteiger partial charge on any atom is -0.497 e. The second kappa shape index (κ2) is 4.42. The highest BCUT2D eigenvalue weighted by Gasteiger charge is 2.07. The van der Waals surface area contributed by atoms with Crippen molar-refractivity contribution in [2.75, 3.05) is 13.7 Å². The van der Waals surface area contributed by atoms with Gasteiger partial charge in [0.15, 0.2) is 0 Å². The van der Waals surface area contributed by atoms with Crippen molar-refractivity contribution in [2.45, 2.75) is 6.54 Å². The molecule has 0 atom stereocenters. The molecule has 0 spiro atoms. The van der Waals surface area contributed by atoms with Gasteiger partial charge >= 0.3 is 5.69 Å². The number of hydrogen-bond donors (Lipinski definition) is 2. The van der Waals surface area contributed by atoms with E-state index in [1.165, 1.54) is 7.11 Å². The highest BCUT2D eigenvalue weighted by atomic mass is 16.5. The molecule has 0 unspecified atom stereocenters. The minimum atomic E-state index is -0.446. The van der Waals surface area contributed by atoms with E-state index in [1.807, 2.05) is 0 Å². The number of methoxy groups -OCH3 is 1. The zero-order chi connectivity index (χ0) is 12.4. The van der Waals surface area contributed by atoms with Crippen LogP contribution in [0.1, 0.15) is 0 Å². The maximum atomic E-state index is 12.0. The number of benzene rings is 1. The summed E-state index contributed by atoms with van der Waals surface area (Å²) in [5.74, 6) is 0.570. The van der Waals surface area contributed by atoms with Crippen LogP contribution in [-0.4, -0.2) is 23.2 Å². The molecule has 6 heteroatoms. The van der Waals surface area contributed by atoms with E-state index in [0.717, 1.165) is 4.57 Å². The van der Waals surface area contributed by atoms with Gasteiger partial charge in [0.1, 0.15) is 5.75 Å². The maximum Gasteiger partial charge on any atom is 0.328 e. The Morgan fingerprint density at radius 1 is 1.41 bits per heavy atom. The Balaban J connectivity index is 2.79. The molecule has 2 rings (SSSR count). The molecule has 0 saturated carbocycles. The molecule has 17 heavy (non-hydrogen) atoms.